The molecule has 5 rings (SSSR count). The molecule has 4 aromatic rings. The van der Waals surface area contributed by atoms with Crippen molar-refractivity contribution in [1.29, 1.82) is 5.26 Å². The van der Waals surface area contributed by atoms with Crippen LogP contribution in [-0.2, 0) is 6.54 Å². The van der Waals surface area contributed by atoms with Crippen molar-refractivity contribution in [3.63, 3.8) is 0 Å². The molecule has 5 heterocycles. The van der Waals surface area contributed by atoms with E-state index in [0.29, 0.717) is 35.4 Å². The number of imidazole rings is 1. The molecule has 1 saturated heterocycles. The van der Waals surface area contributed by atoms with Crippen LogP contribution in [0.25, 0.3) is 27.9 Å². The van der Waals surface area contributed by atoms with Crippen LogP contribution in [0.15, 0.2) is 36.8 Å². The molecule has 8 nitrogen and oxygen atoms in total. The average molecular weight is 467 g/mol. The summed E-state index contributed by atoms with van der Waals surface area (Å²) in [4.78, 5) is 23.3. The number of nitriles is 1. The lowest BCUT2D eigenvalue weighted by molar-refractivity contribution is -0.141. The van der Waals surface area contributed by atoms with Crippen LogP contribution in [0.4, 0.5) is 13.2 Å². The van der Waals surface area contributed by atoms with E-state index in [1.54, 1.807) is 27.6 Å². The average Bonchev–Trinajstić information content (AvgIpc) is 3.25. The molecule has 1 aliphatic heterocycles. The first-order chi connectivity index (χ1) is 16.3. The number of hydrogen-bond acceptors (Lipinski definition) is 5. The number of amides is 1. The summed E-state index contributed by atoms with van der Waals surface area (Å²) in [6.07, 6.45) is 3.80. The predicted octanol–water partition coefficient (Wildman–Crippen LogP) is 4.20. The fourth-order valence-electron chi connectivity index (χ4n) is 4.32. The van der Waals surface area contributed by atoms with E-state index in [1.807, 2.05) is 6.07 Å². The Hall–Kier alpha value is -3.94. The molecule has 0 saturated carbocycles. The number of carbonyl (C=O) groups is 1. The Bertz CT molecular complexity index is 1420. The van der Waals surface area contributed by atoms with Gasteiger partial charge in [-0.2, -0.15) is 23.5 Å². The van der Waals surface area contributed by atoms with Crippen molar-refractivity contribution in [2.75, 3.05) is 13.1 Å². The van der Waals surface area contributed by atoms with Crippen molar-refractivity contribution < 1.29 is 18.0 Å². The second-order valence-corrected chi connectivity index (χ2v) is 8.32. The lowest BCUT2D eigenvalue weighted by Crippen LogP contribution is -2.32. The van der Waals surface area contributed by atoms with Crippen LogP contribution >= 0.6 is 0 Å². The minimum Gasteiger partial charge on any atom is -0.337 e. The SMILES string of the molecule is N#Cc1ccc2ncc(-c3nn(CC(F)(F)F)c4cc(C(=O)N5CCCCCC5)ncc34)n2c1. The van der Waals surface area contributed by atoms with E-state index in [1.165, 1.54) is 18.5 Å². The number of pyridine rings is 2. The van der Waals surface area contributed by atoms with Crippen LogP contribution in [0.1, 0.15) is 41.7 Å². The Balaban J connectivity index is 1.64. The molecular formula is C23H20F3N7O. The van der Waals surface area contributed by atoms with Gasteiger partial charge < -0.3 is 4.90 Å². The van der Waals surface area contributed by atoms with Gasteiger partial charge in [-0.05, 0) is 31.0 Å². The zero-order valence-corrected chi connectivity index (χ0v) is 18.1. The van der Waals surface area contributed by atoms with Crippen molar-refractivity contribution in [2.45, 2.75) is 38.4 Å². The molecule has 0 N–H and O–H groups in total. The summed E-state index contributed by atoms with van der Waals surface area (Å²) >= 11 is 0. The van der Waals surface area contributed by atoms with Gasteiger partial charge in [0.15, 0.2) is 0 Å². The fraction of sp³-hybridized carbons (Fsp3) is 0.348. The number of rotatable bonds is 3. The first-order valence-electron chi connectivity index (χ1n) is 10.9. The van der Waals surface area contributed by atoms with Gasteiger partial charge in [0, 0.05) is 30.9 Å². The number of halogens is 3. The quantitative estimate of drug-likeness (QED) is 0.450. The van der Waals surface area contributed by atoms with Gasteiger partial charge in [-0.1, -0.05) is 12.8 Å². The van der Waals surface area contributed by atoms with E-state index in [4.69, 9.17) is 0 Å². The third kappa shape index (κ3) is 4.07. The zero-order valence-electron chi connectivity index (χ0n) is 18.1. The topological polar surface area (TPSA) is 92.1 Å². The Kier molecular flexibility index (Phi) is 5.43. The normalized spacial score (nSPS) is 14.9. The van der Waals surface area contributed by atoms with Crippen LogP contribution in [0.5, 0.6) is 0 Å². The lowest BCUT2D eigenvalue weighted by atomic mass is 10.2. The van der Waals surface area contributed by atoms with Crippen molar-refractivity contribution in [3.05, 3.63) is 48.0 Å². The van der Waals surface area contributed by atoms with Gasteiger partial charge in [-0.25, -0.2) is 4.98 Å². The summed E-state index contributed by atoms with van der Waals surface area (Å²) < 4.78 is 42.5. The molecule has 0 aromatic carbocycles. The summed E-state index contributed by atoms with van der Waals surface area (Å²) in [5.74, 6) is -0.293. The van der Waals surface area contributed by atoms with Crippen LogP contribution in [-0.4, -0.2) is 54.2 Å². The van der Waals surface area contributed by atoms with Gasteiger partial charge in [-0.15, -0.1) is 0 Å². The van der Waals surface area contributed by atoms with Crippen LogP contribution < -0.4 is 0 Å². The fourth-order valence-corrected chi connectivity index (χ4v) is 4.32. The van der Waals surface area contributed by atoms with Crippen molar-refractivity contribution in [2.24, 2.45) is 0 Å². The highest BCUT2D eigenvalue weighted by Crippen LogP contribution is 2.31. The molecule has 0 unspecified atom stereocenters. The molecular weight excluding hydrogens is 447 g/mol. The zero-order chi connectivity index (χ0) is 23.9. The second kappa shape index (κ2) is 8.44. The van der Waals surface area contributed by atoms with E-state index in [0.717, 1.165) is 30.4 Å². The number of aromatic nitrogens is 5. The summed E-state index contributed by atoms with van der Waals surface area (Å²) in [6, 6.07) is 6.67. The summed E-state index contributed by atoms with van der Waals surface area (Å²) in [7, 11) is 0. The van der Waals surface area contributed by atoms with Gasteiger partial charge in [-0.3, -0.25) is 18.9 Å². The largest absolute Gasteiger partial charge is 0.408 e. The number of likely N-dealkylation sites (tertiary alicyclic amines) is 1. The van der Waals surface area contributed by atoms with E-state index in [2.05, 4.69) is 15.1 Å². The van der Waals surface area contributed by atoms with Gasteiger partial charge in [0.25, 0.3) is 5.91 Å². The third-order valence-corrected chi connectivity index (χ3v) is 5.95. The highest BCUT2D eigenvalue weighted by atomic mass is 19.4. The number of hydrogen-bond donors (Lipinski definition) is 0. The summed E-state index contributed by atoms with van der Waals surface area (Å²) in [5, 5.41) is 13.8. The lowest BCUT2D eigenvalue weighted by Gasteiger charge is -2.19. The Morgan fingerprint density at radius 2 is 1.85 bits per heavy atom. The molecule has 0 atom stereocenters. The van der Waals surface area contributed by atoms with Gasteiger partial charge in [0.05, 0.1) is 23.0 Å². The first-order valence-corrected chi connectivity index (χ1v) is 10.9. The maximum absolute atomic E-state index is 13.4. The smallest absolute Gasteiger partial charge is 0.337 e. The Morgan fingerprint density at radius 3 is 2.56 bits per heavy atom. The molecule has 0 spiro atoms. The number of nitrogens with zero attached hydrogens (tertiary/aromatic N) is 7. The molecule has 174 valence electrons. The standard InChI is InChI=1S/C23H20F3N7O/c24-23(25,26)14-33-18-9-17(22(34)31-7-3-1-2-4-8-31)28-11-16(18)21(30-33)19-12-29-20-6-5-15(10-27)13-32(19)20/h5-6,9,11-13H,1-4,7-8,14H2. The van der Waals surface area contributed by atoms with Crippen LogP contribution in [0, 0.1) is 11.3 Å². The number of alkyl halides is 3. The third-order valence-electron chi connectivity index (χ3n) is 5.95. The highest BCUT2D eigenvalue weighted by molar-refractivity contribution is 5.99. The predicted molar refractivity (Wildman–Crippen MR) is 117 cm³/mol. The minimum absolute atomic E-state index is 0.0918. The maximum atomic E-state index is 13.4. The molecule has 11 heteroatoms. The summed E-state index contributed by atoms with van der Waals surface area (Å²) in [6.45, 7) is -0.103. The Morgan fingerprint density at radius 1 is 1.09 bits per heavy atom. The molecule has 34 heavy (non-hydrogen) atoms. The van der Waals surface area contributed by atoms with E-state index < -0.39 is 12.7 Å². The molecule has 0 bridgehead atoms. The molecule has 4 aromatic heterocycles. The van der Waals surface area contributed by atoms with Crippen LogP contribution in [0.2, 0.25) is 0 Å². The first kappa shape index (κ1) is 21.9. The van der Waals surface area contributed by atoms with Gasteiger partial charge in [0.2, 0.25) is 0 Å². The number of carbonyl (C=O) groups excluding carboxylic acids is 1. The van der Waals surface area contributed by atoms with E-state index >= 15 is 0 Å². The van der Waals surface area contributed by atoms with E-state index in [9.17, 15) is 23.2 Å². The summed E-state index contributed by atoms with van der Waals surface area (Å²) in [5.41, 5.74) is 1.80. The molecule has 1 fully saturated rings. The number of fused-ring (bicyclic) bond motifs is 2. The van der Waals surface area contributed by atoms with Gasteiger partial charge in [0.1, 0.15) is 29.6 Å². The minimum atomic E-state index is -4.51. The molecule has 0 aliphatic carbocycles. The highest BCUT2D eigenvalue weighted by Gasteiger charge is 2.31. The maximum Gasteiger partial charge on any atom is 0.408 e. The Labute approximate surface area is 192 Å². The van der Waals surface area contributed by atoms with E-state index in [-0.39, 0.29) is 22.8 Å². The second-order valence-electron chi connectivity index (χ2n) is 8.32. The monoisotopic (exact) mass is 467 g/mol. The van der Waals surface area contributed by atoms with Gasteiger partial charge >= 0.3 is 6.18 Å². The molecule has 1 amide bonds. The van der Waals surface area contributed by atoms with Crippen LogP contribution in [0.3, 0.4) is 0 Å². The van der Waals surface area contributed by atoms with Crippen molar-refractivity contribution in [1.82, 2.24) is 29.0 Å². The molecule has 1 aliphatic rings. The molecule has 0 radical (unpaired) electrons. The van der Waals surface area contributed by atoms with Crippen molar-refractivity contribution >= 4 is 22.5 Å². The van der Waals surface area contributed by atoms with Crippen molar-refractivity contribution in [3.8, 4) is 17.5 Å².